The number of carbonyl (C=O) groups excluding carboxylic acids is 1. The summed E-state index contributed by atoms with van der Waals surface area (Å²) in [6.07, 6.45) is -2.15. The van der Waals surface area contributed by atoms with Crippen LogP contribution in [0.4, 0.5) is 11.4 Å². The van der Waals surface area contributed by atoms with Gasteiger partial charge in [0.1, 0.15) is 0 Å². The third-order valence-electron chi connectivity index (χ3n) is 3.69. The molecule has 0 aliphatic heterocycles. The summed E-state index contributed by atoms with van der Waals surface area (Å²) in [7, 11) is 0. The van der Waals surface area contributed by atoms with Gasteiger partial charge in [-0.2, -0.15) is 0 Å². The van der Waals surface area contributed by atoms with Gasteiger partial charge < -0.3 is 25.9 Å². The smallest absolute Gasteiger partial charge is 0.336 e. The molecule has 9 nitrogen and oxygen atoms in total. The van der Waals surface area contributed by atoms with Crippen molar-refractivity contribution in [3.8, 4) is 11.1 Å². The number of nitrogens with one attached hydrogen (secondary N) is 1. The molecule has 0 fully saturated rings. The molecule has 0 saturated carbocycles. The second kappa shape index (κ2) is 8.19. The van der Waals surface area contributed by atoms with E-state index in [9.17, 15) is 19.5 Å². The maximum atomic E-state index is 11.7. The average molecular weight is 374 g/mol. The number of rotatable bonds is 8. The summed E-state index contributed by atoms with van der Waals surface area (Å²) < 4.78 is 0. The van der Waals surface area contributed by atoms with Gasteiger partial charge in [0.2, 0.25) is 0 Å². The van der Waals surface area contributed by atoms with E-state index in [4.69, 9.17) is 20.8 Å². The fourth-order valence-electron chi connectivity index (χ4n) is 2.26. The maximum absolute atomic E-state index is 11.7. The number of nitrogen functional groups attached to an aromatic ring is 1. The molecule has 2 rings (SSSR count). The molecule has 0 bridgehead atoms. The van der Waals surface area contributed by atoms with Crippen molar-refractivity contribution >= 4 is 29.3 Å². The van der Waals surface area contributed by atoms with Gasteiger partial charge in [-0.3, -0.25) is 4.79 Å². The van der Waals surface area contributed by atoms with Crippen LogP contribution in [0.15, 0.2) is 48.5 Å². The SMILES string of the molecule is Nc1ccc(-c2ccc(NOC(=O)CC(O)(CC(=O)O)C(=O)O)cc2)cc1. The summed E-state index contributed by atoms with van der Waals surface area (Å²) >= 11 is 0. The highest BCUT2D eigenvalue weighted by Crippen LogP contribution is 2.23. The standard InChI is InChI=1S/C18H18N2O7/c19-13-5-1-11(2-6-13)12-3-7-14(8-4-12)20-27-16(23)10-18(26,17(24)25)9-15(21)22/h1-8,20,26H,9-10,19H2,(H,21,22)(H,24,25). The van der Waals surface area contributed by atoms with Crippen LogP contribution in [0.3, 0.4) is 0 Å². The molecule has 6 N–H and O–H groups in total. The van der Waals surface area contributed by atoms with Gasteiger partial charge in [-0.15, -0.1) is 0 Å². The Labute approximate surface area is 154 Å². The molecule has 0 aromatic heterocycles. The third kappa shape index (κ3) is 5.44. The van der Waals surface area contributed by atoms with E-state index in [2.05, 4.69) is 5.48 Å². The van der Waals surface area contributed by atoms with Gasteiger partial charge in [-0.05, 0) is 35.4 Å². The lowest BCUT2D eigenvalue weighted by Crippen LogP contribution is -2.43. The summed E-state index contributed by atoms with van der Waals surface area (Å²) in [5.41, 5.74) is 8.10. The highest BCUT2D eigenvalue weighted by Gasteiger charge is 2.41. The first kappa shape index (κ1) is 19.7. The number of benzene rings is 2. The van der Waals surface area contributed by atoms with Crippen molar-refractivity contribution < 1.29 is 34.5 Å². The molecule has 9 heteroatoms. The molecular weight excluding hydrogens is 356 g/mol. The summed E-state index contributed by atoms with van der Waals surface area (Å²) in [5, 5.41) is 27.4. The Hall–Kier alpha value is -3.59. The van der Waals surface area contributed by atoms with Crippen molar-refractivity contribution in [2.45, 2.75) is 18.4 Å². The van der Waals surface area contributed by atoms with Gasteiger partial charge in [0.15, 0.2) is 5.60 Å². The zero-order valence-corrected chi connectivity index (χ0v) is 14.1. The Balaban J connectivity index is 1.95. The largest absolute Gasteiger partial charge is 0.481 e. The molecule has 0 heterocycles. The van der Waals surface area contributed by atoms with E-state index in [0.29, 0.717) is 11.4 Å². The monoisotopic (exact) mass is 374 g/mol. The number of hydrogen-bond acceptors (Lipinski definition) is 7. The highest BCUT2D eigenvalue weighted by atomic mass is 16.7. The minimum absolute atomic E-state index is 0.402. The summed E-state index contributed by atoms with van der Waals surface area (Å²) in [4.78, 5) is 38.1. The molecule has 0 amide bonds. The predicted molar refractivity (Wildman–Crippen MR) is 95.5 cm³/mol. The van der Waals surface area contributed by atoms with Crippen LogP contribution < -0.4 is 11.2 Å². The molecular formula is C18H18N2O7. The lowest BCUT2D eigenvalue weighted by Gasteiger charge is -2.20. The van der Waals surface area contributed by atoms with Crippen molar-refractivity contribution in [3.05, 3.63) is 48.5 Å². The van der Waals surface area contributed by atoms with E-state index in [-0.39, 0.29) is 0 Å². The van der Waals surface area contributed by atoms with E-state index in [1.807, 2.05) is 12.1 Å². The van der Waals surface area contributed by atoms with Crippen molar-refractivity contribution in [2.75, 3.05) is 11.2 Å². The van der Waals surface area contributed by atoms with Crippen molar-refractivity contribution in [2.24, 2.45) is 0 Å². The van der Waals surface area contributed by atoms with Gasteiger partial charge in [0.25, 0.3) is 0 Å². The quantitative estimate of drug-likeness (QED) is 0.341. The normalized spacial score (nSPS) is 12.6. The summed E-state index contributed by atoms with van der Waals surface area (Å²) in [6, 6.07) is 14.0. The molecule has 1 atom stereocenters. The van der Waals surface area contributed by atoms with E-state index >= 15 is 0 Å². The van der Waals surface area contributed by atoms with Gasteiger partial charge in [-0.25, -0.2) is 15.1 Å². The molecule has 2 aromatic carbocycles. The van der Waals surface area contributed by atoms with Crippen LogP contribution in [-0.2, 0) is 19.2 Å². The van der Waals surface area contributed by atoms with Crippen LogP contribution in [0.25, 0.3) is 11.1 Å². The molecule has 0 radical (unpaired) electrons. The average Bonchev–Trinajstić information content (AvgIpc) is 2.60. The molecule has 142 valence electrons. The minimum Gasteiger partial charge on any atom is -0.481 e. The van der Waals surface area contributed by atoms with E-state index in [1.54, 1.807) is 36.4 Å². The van der Waals surface area contributed by atoms with Crippen LogP contribution in [0.5, 0.6) is 0 Å². The van der Waals surface area contributed by atoms with Crippen LogP contribution in [0.1, 0.15) is 12.8 Å². The van der Waals surface area contributed by atoms with E-state index < -0.39 is 36.4 Å². The number of carboxylic acid groups (broad SMARTS) is 2. The maximum Gasteiger partial charge on any atom is 0.336 e. The second-order valence-electron chi connectivity index (χ2n) is 5.86. The Morgan fingerprint density at radius 3 is 1.93 bits per heavy atom. The Bertz CT molecular complexity index is 834. The molecule has 0 aliphatic rings. The first-order valence-electron chi connectivity index (χ1n) is 7.79. The first-order chi connectivity index (χ1) is 12.7. The molecule has 0 saturated heterocycles. The number of anilines is 2. The van der Waals surface area contributed by atoms with Crippen molar-refractivity contribution in [1.29, 1.82) is 0 Å². The minimum atomic E-state index is -2.75. The number of nitrogens with two attached hydrogens (primary N) is 1. The number of hydrogen-bond donors (Lipinski definition) is 5. The van der Waals surface area contributed by atoms with Crippen LogP contribution in [-0.4, -0.2) is 38.8 Å². The first-order valence-corrected chi connectivity index (χ1v) is 7.79. The number of aliphatic hydroxyl groups is 1. The molecule has 2 aromatic rings. The van der Waals surface area contributed by atoms with Crippen molar-refractivity contribution in [3.63, 3.8) is 0 Å². The van der Waals surface area contributed by atoms with Crippen LogP contribution in [0, 0.1) is 0 Å². The van der Waals surface area contributed by atoms with Gasteiger partial charge in [0, 0.05) is 5.69 Å². The lowest BCUT2D eigenvalue weighted by molar-refractivity contribution is -0.171. The second-order valence-corrected chi connectivity index (χ2v) is 5.86. The van der Waals surface area contributed by atoms with Crippen LogP contribution >= 0.6 is 0 Å². The van der Waals surface area contributed by atoms with Crippen LogP contribution in [0.2, 0.25) is 0 Å². The lowest BCUT2D eigenvalue weighted by atomic mass is 9.96. The number of carbonyl (C=O) groups is 3. The molecule has 1 unspecified atom stereocenters. The summed E-state index contributed by atoms with van der Waals surface area (Å²) in [5.74, 6) is -4.50. The topological polar surface area (TPSA) is 159 Å². The third-order valence-corrected chi connectivity index (χ3v) is 3.69. The van der Waals surface area contributed by atoms with Gasteiger partial charge >= 0.3 is 17.9 Å². The number of carboxylic acids is 2. The fourth-order valence-corrected chi connectivity index (χ4v) is 2.26. The fraction of sp³-hybridized carbons (Fsp3) is 0.167. The molecule has 0 aliphatic carbocycles. The Morgan fingerprint density at radius 2 is 1.44 bits per heavy atom. The summed E-state index contributed by atoms with van der Waals surface area (Å²) in [6.45, 7) is 0. The zero-order chi connectivity index (χ0) is 20.0. The number of aliphatic carboxylic acids is 2. The van der Waals surface area contributed by atoms with Gasteiger partial charge in [-0.1, -0.05) is 24.3 Å². The Kier molecular flexibility index (Phi) is 5.99. The predicted octanol–water partition coefficient (Wildman–Crippen LogP) is 1.49. The zero-order valence-electron chi connectivity index (χ0n) is 14.1. The molecule has 27 heavy (non-hydrogen) atoms. The molecule has 0 spiro atoms. The van der Waals surface area contributed by atoms with E-state index in [1.165, 1.54) is 0 Å². The highest BCUT2D eigenvalue weighted by molar-refractivity contribution is 5.88. The Morgan fingerprint density at radius 1 is 0.926 bits per heavy atom. The van der Waals surface area contributed by atoms with Crippen molar-refractivity contribution in [1.82, 2.24) is 0 Å². The van der Waals surface area contributed by atoms with Gasteiger partial charge in [0.05, 0.1) is 18.5 Å². The van der Waals surface area contributed by atoms with E-state index in [0.717, 1.165) is 11.1 Å².